The number of ether oxygens (including phenoxy) is 1. The second kappa shape index (κ2) is 6.53. The zero-order valence-corrected chi connectivity index (χ0v) is 13.0. The molecule has 8 heteroatoms. The van der Waals surface area contributed by atoms with E-state index in [1.807, 2.05) is 11.8 Å². The molecule has 7 nitrogen and oxygen atoms in total. The second-order valence-corrected chi connectivity index (χ2v) is 6.64. The maximum atomic E-state index is 11.1. The predicted octanol–water partition coefficient (Wildman–Crippen LogP) is 2.12. The molecule has 1 aromatic carbocycles. The highest BCUT2D eigenvalue weighted by atomic mass is 32.2. The summed E-state index contributed by atoms with van der Waals surface area (Å²) in [7, 11) is -4.25. The van der Waals surface area contributed by atoms with Crippen molar-refractivity contribution >= 4 is 21.8 Å². The molecular weight excluding hydrogens is 310 g/mol. The van der Waals surface area contributed by atoms with Crippen molar-refractivity contribution in [2.75, 3.05) is 11.4 Å². The summed E-state index contributed by atoms with van der Waals surface area (Å²) < 4.78 is 36.9. The fourth-order valence-corrected chi connectivity index (χ4v) is 2.96. The normalized spacial score (nSPS) is 17.2. The van der Waals surface area contributed by atoms with E-state index in [2.05, 4.69) is 0 Å². The first-order chi connectivity index (χ1) is 10.3. The number of fused-ring (bicyclic) bond motifs is 1. The van der Waals surface area contributed by atoms with E-state index in [4.69, 9.17) is 14.4 Å². The SMILES string of the molecule is CC1Oc2cc(S(=O)(=O)O)ccc2N1CCCCCC(=O)O. The Kier molecular flexibility index (Phi) is 4.92. The Bertz CT molecular complexity index is 657. The minimum Gasteiger partial charge on any atom is -0.481 e. The number of nitrogens with zero attached hydrogens (tertiary/aromatic N) is 1. The average Bonchev–Trinajstić information content (AvgIpc) is 2.72. The molecule has 0 aromatic heterocycles. The molecule has 0 amide bonds. The highest BCUT2D eigenvalue weighted by Gasteiger charge is 2.28. The van der Waals surface area contributed by atoms with Gasteiger partial charge in [-0.15, -0.1) is 0 Å². The van der Waals surface area contributed by atoms with Crippen molar-refractivity contribution in [1.29, 1.82) is 0 Å². The number of hydrogen-bond acceptors (Lipinski definition) is 5. The van der Waals surface area contributed by atoms with Gasteiger partial charge in [-0.2, -0.15) is 8.42 Å². The summed E-state index contributed by atoms with van der Waals surface area (Å²) in [6.45, 7) is 2.55. The van der Waals surface area contributed by atoms with Crippen LogP contribution in [0.3, 0.4) is 0 Å². The van der Waals surface area contributed by atoms with Gasteiger partial charge >= 0.3 is 5.97 Å². The predicted molar refractivity (Wildman–Crippen MR) is 79.8 cm³/mol. The summed E-state index contributed by atoms with van der Waals surface area (Å²) in [6, 6.07) is 4.26. The summed E-state index contributed by atoms with van der Waals surface area (Å²) in [4.78, 5) is 12.2. The van der Waals surface area contributed by atoms with Crippen molar-refractivity contribution in [2.45, 2.75) is 43.7 Å². The third-order valence-corrected chi connectivity index (χ3v) is 4.41. The number of aliphatic carboxylic acids is 1. The van der Waals surface area contributed by atoms with Crippen molar-refractivity contribution < 1.29 is 27.6 Å². The van der Waals surface area contributed by atoms with E-state index >= 15 is 0 Å². The standard InChI is InChI=1S/C14H19NO6S/c1-10-15(8-4-2-3-5-14(16)17)12-7-6-11(22(18,19)20)9-13(12)21-10/h6-7,9-10H,2-5,8H2,1H3,(H,16,17)(H,18,19,20). The molecule has 0 aliphatic carbocycles. The number of anilines is 1. The van der Waals surface area contributed by atoms with Crippen LogP contribution >= 0.6 is 0 Å². The number of rotatable bonds is 7. The van der Waals surface area contributed by atoms with Crippen LogP contribution in [0.5, 0.6) is 5.75 Å². The zero-order chi connectivity index (χ0) is 16.3. The van der Waals surface area contributed by atoms with E-state index in [0.29, 0.717) is 18.7 Å². The minimum absolute atomic E-state index is 0.167. The molecule has 2 N–H and O–H groups in total. The molecule has 0 fully saturated rings. The van der Waals surface area contributed by atoms with E-state index in [9.17, 15) is 13.2 Å². The third kappa shape index (κ3) is 3.89. The van der Waals surface area contributed by atoms with Gasteiger partial charge in [0.05, 0.1) is 10.6 Å². The number of carboxylic acids is 1. The Morgan fingerprint density at radius 2 is 2.05 bits per heavy atom. The molecule has 0 radical (unpaired) electrons. The van der Waals surface area contributed by atoms with Crippen molar-refractivity contribution in [3.05, 3.63) is 18.2 Å². The van der Waals surface area contributed by atoms with E-state index in [-0.39, 0.29) is 17.5 Å². The van der Waals surface area contributed by atoms with Gasteiger partial charge in [-0.3, -0.25) is 9.35 Å². The van der Waals surface area contributed by atoms with Crippen LogP contribution in [0, 0.1) is 0 Å². The molecule has 2 rings (SSSR count). The van der Waals surface area contributed by atoms with Gasteiger partial charge in [-0.05, 0) is 31.9 Å². The van der Waals surface area contributed by atoms with E-state index in [0.717, 1.165) is 18.5 Å². The molecule has 1 atom stereocenters. The Morgan fingerprint density at radius 1 is 1.32 bits per heavy atom. The topological polar surface area (TPSA) is 104 Å². The molecule has 0 spiro atoms. The molecule has 0 bridgehead atoms. The molecule has 1 unspecified atom stereocenters. The number of hydrogen-bond donors (Lipinski definition) is 2. The van der Waals surface area contributed by atoms with Gasteiger partial charge in [0.15, 0.2) is 6.23 Å². The maximum absolute atomic E-state index is 11.1. The largest absolute Gasteiger partial charge is 0.481 e. The first-order valence-electron chi connectivity index (χ1n) is 7.05. The molecule has 1 aromatic rings. The second-order valence-electron chi connectivity index (χ2n) is 5.22. The monoisotopic (exact) mass is 329 g/mol. The smallest absolute Gasteiger partial charge is 0.303 e. The summed E-state index contributed by atoms with van der Waals surface area (Å²) >= 11 is 0. The quantitative estimate of drug-likeness (QED) is 0.583. The van der Waals surface area contributed by atoms with Crippen LogP contribution in [0.15, 0.2) is 23.1 Å². The Morgan fingerprint density at radius 3 is 2.68 bits per heavy atom. The van der Waals surface area contributed by atoms with E-state index in [1.54, 1.807) is 6.07 Å². The van der Waals surface area contributed by atoms with Crippen LogP contribution in [0.2, 0.25) is 0 Å². The molecule has 122 valence electrons. The molecular formula is C14H19NO6S. The van der Waals surface area contributed by atoms with Crippen molar-refractivity contribution in [2.24, 2.45) is 0 Å². The first-order valence-corrected chi connectivity index (χ1v) is 8.49. The van der Waals surface area contributed by atoms with E-state index < -0.39 is 16.1 Å². The maximum Gasteiger partial charge on any atom is 0.303 e. The highest BCUT2D eigenvalue weighted by Crippen LogP contribution is 2.38. The third-order valence-electron chi connectivity index (χ3n) is 3.56. The summed E-state index contributed by atoms with van der Waals surface area (Å²) in [5.74, 6) is -0.367. The van der Waals surface area contributed by atoms with Gasteiger partial charge in [0, 0.05) is 19.0 Å². The van der Waals surface area contributed by atoms with E-state index in [1.165, 1.54) is 12.1 Å². The number of carbonyl (C=O) groups is 1. The number of carboxylic acid groups (broad SMARTS) is 1. The van der Waals surface area contributed by atoms with Gasteiger partial charge in [-0.1, -0.05) is 6.42 Å². The Balaban J connectivity index is 2.00. The lowest BCUT2D eigenvalue weighted by Crippen LogP contribution is -2.32. The average molecular weight is 329 g/mol. The van der Waals surface area contributed by atoms with Crippen molar-refractivity contribution in [3.63, 3.8) is 0 Å². The van der Waals surface area contributed by atoms with Crippen LogP contribution in [0.4, 0.5) is 5.69 Å². The lowest BCUT2D eigenvalue weighted by atomic mass is 10.2. The van der Waals surface area contributed by atoms with Gasteiger partial charge in [0.25, 0.3) is 10.1 Å². The van der Waals surface area contributed by atoms with Crippen molar-refractivity contribution in [1.82, 2.24) is 0 Å². The van der Waals surface area contributed by atoms with Gasteiger partial charge in [-0.25, -0.2) is 0 Å². The highest BCUT2D eigenvalue weighted by molar-refractivity contribution is 7.85. The molecule has 0 saturated carbocycles. The number of unbranched alkanes of at least 4 members (excludes halogenated alkanes) is 2. The summed E-state index contributed by atoms with van der Waals surface area (Å²) in [5.41, 5.74) is 0.776. The number of benzene rings is 1. The summed E-state index contributed by atoms with van der Waals surface area (Å²) in [6.07, 6.45) is 2.19. The van der Waals surface area contributed by atoms with Crippen molar-refractivity contribution in [3.8, 4) is 5.75 Å². The van der Waals surface area contributed by atoms with Crippen LogP contribution < -0.4 is 9.64 Å². The lowest BCUT2D eigenvalue weighted by molar-refractivity contribution is -0.137. The van der Waals surface area contributed by atoms with Gasteiger partial charge in [0.2, 0.25) is 0 Å². The van der Waals surface area contributed by atoms with Crippen LogP contribution in [0.25, 0.3) is 0 Å². The Hall–Kier alpha value is -1.80. The fraction of sp³-hybridized carbons (Fsp3) is 0.500. The van der Waals surface area contributed by atoms with Gasteiger partial charge < -0.3 is 14.7 Å². The molecule has 1 aliphatic rings. The van der Waals surface area contributed by atoms with Crippen LogP contribution in [-0.2, 0) is 14.9 Å². The molecule has 0 saturated heterocycles. The lowest BCUT2D eigenvalue weighted by Gasteiger charge is -2.22. The Labute approximate surface area is 129 Å². The zero-order valence-electron chi connectivity index (χ0n) is 12.2. The van der Waals surface area contributed by atoms with Crippen LogP contribution in [-0.4, -0.2) is 36.8 Å². The molecule has 1 aliphatic heterocycles. The summed E-state index contributed by atoms with van der Waals surface area (Å²) in [5, 5.41) is 8.59. The minimum atomic E-state index is -4.25. The van der Waals surface area contributed by atoms with Gasteiger partial charge in [0.1, 0.15) is 5.75 Å². The van der Waals surface area contributed by atoms with Crippen LogP contribution in [0.1, 0.15) is 32.6 Å². The fourth-order valence-electron chi connectivity index (χ4n) is 2.47. The first kappa shape index (κ1) is 16.6. The molecule has 22 heavy (non-hydrogen) atoms. The molecule has 1 heterocycles.